The molecule has 1 aromatic carbocycles. The Kier molecular flexibility index (Phi) is 8.85. The average molecular weight is 618 g/mol. The summed E-state index contributed by atoms with van der Waals surface area (Å²) in [5.41, 5.74) is 2.37. The number of benzene rings is 1. The zero-order chi connectivity index (χ0) is 31.9. The minimum atomic E-state index is -0.541. The number of rotatable bonds is 7. The van der Waals surface area contributed by atoms with Gasteiger partial charge in [0.05, 0.1) is 27.5 Å². The fraction of sp³-hybridized carbons (Fsp3) is 0.364. The summed E-state index contributed by atoms with van der Waals surface area (Å²) in [6.45, 7) is 13.0. The lowest BCUT2D eigenvalue weighted by atomic mass is 10.0. The van der Waals surface area contributed by atoms with Crippen LogP contribution in [0.1, 0.15) is 44.9 Å². The van der Waals surface area contributed by atoms with Crippen LogP contribution in [0, 0.1) is 5.82 Å². The van der Waals surface area contributed by atoms with Crippen molar-refractivity contribution in [1.29, 1.82) is 0 Å². The predicted molar refractivity (Wildman–Crippen MR) is 173 cm³/mol. The van der Waals surface area contributed by atoms with E-state index in [1.807, 2.05) is 57.7 Å². The number of hydrogen-bond acceptors (Lipinski definition) is 7. The van der Waals surface area contributed by atoms with Gasteiger partial charge in [0, 0.05) is 43.5 Å². The molecule has 44 heavy (non-hydrogen) atoms. The molecule has 230 valence electrons. The number of hydrogen-bond donors (Lipinski definition) is 0. The fourth-order valence-corrected chi connectivity index (χ4v) is 6.13. The Balaban J connectivity index is 1.85. The molecule has 0 aliphatic carbocycles. The molecule has 9 nitrogen and oxygen atoms in total. The Labute approximate surface area is 261 Å². The third-order valence-electron chi connectivity index (χ3n) is 7.94. The Morgan fingerprint density at radius 2 is 1.89 bits per heavy atom. The summed E-state index contributed by atoms with van der Waals surface area (Å²) < 4.78 is 16.6. The second kappa shape index (κ2) is 12.5. The highest BCUT2D eigenvalue weighted by Gasteiger charge is 2.34. The second-order valence-electron chi connectivity index (χ2n) is 11.9. The number of pyridine rings is 2. The van der Waals surface area contributed by atoms with Crippen molar-refractivity contribution >= 4 is 34.4 Å². The minimum absolute atomic E-state index is 0.0246. The van der Waals surface area contributed by atoms with Gasteiger partial charge < -0.3 is 14.7 Å². The van der Waals surface area contributed by atoms with Gasteiger partial charge in [0.25, 0.3) is 0 Å². The van der Waals surface area contributed by atoms with E-state index in [4.69, 9.17) is 16.6 Å². The number of carbonyl (C=O) groups excluding carboxylic acids is 1. The van der Waals surface area contributed by atoms with E-state index in [9.17, 15) is 9.59 Å². The van der Waals surface area contributed by atoms with E-state index in [1.165, 1.54) is 16.7 Å². The maximum absolute atomic E-state index is 15.1. The third-order valence-corrected chi connectivity index (χ3v) is 8.23. The van der Waals surface area contributed by atoms with E-state index in [0.717, 1.165) is 5.56 Å². The summed E-state index contributed by atoms with van der Waals surface area (Å²) in [6.07, 6.45) is 3.06. The number of amides is 1. The first-order chi connectivity index (χ1) is 20.9. The van der Waals surface area contributed by atoms with Crippen molar-refractivity contribution in [2.45, 2.75) is 52.2 Å². The zero-order valence-electron chi connectivity index (χ0n) is 25.9. The van der Waals surface area contributed by atoms with Crippen LogP contribution in [0.15, 0.2) is 60.0 Å². The largest absolute Gasteiger partial charge is 0.355 e. The molecular formula is C33H37ClFN7O2. The van der Waals surface area contributed by atoms with Gasteiger partial charge >= 0.3 is 5.69 Å². The lowest BCUT2D eigenvalue weighted by Crippen LogP contribution is -2.58. The topological polar surface area (TPSA) is 87.5 Å². The fourth-order valence-electron chi connectivity index (χ4n) is 5.88. The quantitative estimate of drug-likeness (QED) is 0.256. The van der Waals surface area contributed by atoms with E-state index in [-0.39, 0.29) is 40.2 Å². The predicted octanol–water partition coefficient (Wildman–Crippen LogP) is 5.43. The van der Waals surface area contributed by atoms with Crippen LogP contribution in [-0.4, -0.2) is 74.5 Å². The van der Waals surface area contributed by atoms with Gasteiger partial charge in [-0.15, -0.1) is 0 Å². The van der Waals surface area contributed by atoms with Crippen molar-refractivity contribution in [3.63, 3.8) is 0 Å². The Morgan fingerprint density at radius 1 is 1.16 bits per heavy atom. The molecule has 1 saturated heterocycles. The number of nitrogens with zero attached hydrogens (tertiary/aromatic N) is 7. The highest BCUT2D eigenvalue weighted by Crippen LogP contribution is 2.36. The van der Waals surface area contributed by atoms with Crippen LogP contribution >= 0.6 is 11.6 Å². The maximum Gasteiger partial charge on any atom is 0.355 e. The highest BCUT2D eigenvalue weighted by atomic mass is 35.5. The minimum Gasteiger partial charge on any atom is -0.349 e. The van der Waals surface area contributed by atoms with Gasteiger partial charge in [-0.05, 0) is 69.8 Å². The van der Waals surface area contributed by atoms with Gasteiger partial charge in [-0.1, -0.05) is 44.2 Å². The smallest absolute Gasteiger partial charge is 0.349 e. The first kappa shape index (κ1) is 31.3. The molecule has 2 atom stereocenters. The molecule has 0 saturated carbocycles. The van der Waals surface area contributed by atoms with Crippen molar-refractivity contribution in [2.75, 3.05) is 32.1 Å². The standard InChI is InChI=1S/C33H37ClFN7O2/c1-8-27(43)40-16-21(5)41(17-20(40)4)31-24-15-25(34)29(23-11-9-10-12-26(23)35)37-32(24)42(33(44)38-31)30-22(18-39(6)7)13-14-36-28(30)19(2)3/h8-15,19-21H,1,16-18H2,2-7H3/t20-,21+/m1/s1. The van der Waals surface area contributed by atoms with Crippen molar-refractivity contribution in [3.8, 4) is 16.9 Å². The van der Waals surface area contributed by atoms with Crippen molar-refractivity contribution < 1.29 is 9.18 Å². The molecule has 1 amide bonds. The summed E-state index contributed by atoms with van der Waals surface area (Å²) in [6, 6.07) is 9.52. The van der Waals surface area contributed by atoms with Gasteiger partial charge in [-0.3, -0.25) is 9.78 Å². The molecule has 11 heteroatoms. The van der Waals surface area contributed by atoms with Crippen LogP contribution < -0.4 is 10.6 Å². The Hall–Kier alpha value is -4.15. The van der Waals surface area contributed by atoms with Crippen LogP contribution in [0.2, 0.25) is 5.02 Å². The third kappa shape index (κ3) is 5.71. The highest BCUT2D eigenvalue weighted by molar-refractivity contribution is 6.33. The Bertz CT molecular complexity index is 1810. The lowest BCUT2D eigenvalue weighted by molar-refractivity contribution is -0.128. The SMILES string of the molecule is C=CC(=O)N1C[C@H](C)N(c2nc(=O)n(-c3c(CN(C)C)ccnc3C(C)C)c3nc(-c4ccccc4F)c(Cl)cc23)C[C@H]1C. The van der Waals surface area contributed by atoms with E-state index < -0.39 is 11.5 Å². The molecule has 0 radical (unpaired) electrons. The number of piperazine rings is 1. The molecule has 5 rings (SSSR count). The zero-order valence-corrected chi connectivity index (χ0v) is 26.6. The van der Waals surface area contributed by atoms with Gasteiger partial charge in [0.15, 0.2) is 5.65 Å². The first-order valence-electron chi connectivity index (χ1n) is 14.6. The number of aromatic nitrogens is 4. The monoisotopic (exact) mass is 617 g/mol. The first-order valence-corrected chi connectivity index (χ1v) is 15.0. The van der Waals surface area contributed by atoms with Gasteiger partial charge in [0.2, 0.25) is 5.91 Å². The van der Waals surface area contributed by atoms with E-state index in [2.05, 4.69) is 16.5 Å². The van der Waals surface area contributed by atoms with Crippen LogP contribution in [0.4, 0.5) is 10.2 Å². The molecule has 3 aromatic heterocycles. The normalized spacial score (nSPS) is 17.1. The van der Waals surface area contributed by atoms with E-state index >= 15 is 4.39 Å². The summed E-state index contributed by atoms with van der Waals surface area (Å²) in [5.74, 6) is -0.247. The summed E-state index contributed by atoms with van der Waals surface area (Å²) in [7, 11) is 3.91. The van der Waals surface area contributed by atoms with Crippen LogP contribution in [0.3, 0.4) is 0 Å². The van der Waals surface area contributed by atoms with Gasteiger partial charge in [0.1, 0.15) is 11.6 Å². The van der Waals surface area contributed by atoms with Crippen molar-refractivity contribution in [3.05, 3.63) is 87.8 Å². The molecule has 0 unspecified atom stereocenters. The lowest BCUT2D eigenvalue weighted by Gasteiger charge is -2.44. The Morgan fingerprint density at radius 3 is 2.55 bits per heavy atom. The van der Waals surface area contributed by atoms with Gasteiger partial charge in [-0.2, -0.15) is 4.98 Å². The molecule has 1 aliphatic rings. The van der Waals surface area contributed by atoms with Gasteiger partial charge in [-0.25, -0.2) is 18.7 Å². The molecule has 4 heterocycles. The summed E-state index contributed by atoms with van der Waals surface area (Å²) >= 11 is 6.84. The second-order valence-corrected chi connectivity index (χ2v) is 12.3. The van der Waals surface area contributed by atoms with E-state index in [1.54, 1.807) is 35.4 Å². The van der Waals surface area contributed by atoms with E-state index in [0.29, 0.717) is 47.9 Å². The van der Waals surface area contributed by atoms with Crippen molar-refractivity contribution in [2.24, 2.45) is 0 Å². The number of anilines is 1. The average Bonchev–Trinajstić information content (AvgIpc) is 2.97. The number of halogens is 2. The maximum atomic E-state index is 15.1. The van der Waals surface area contributed by atoms with Crippen molar-refractivity contribution in [1.82, 2.24) is 29.3 Å². The molecule has 1 fully saturated rings. The molecular weight excluding hydrogens is 581 g/mol. The van der Waals surface area contributed by atoms with Crippen LogP contribution in [0.5, 0.6) is 0 Å². The molecule has 4 aromatic rings. The molecule has 0 N–H and O–H groups in total. The van der Waals surface area contributed by atoms with Crippen LogP contribution in [-0.2, 0) is 11.3 Å². The molecule has 0 spiro atoms. The molecule has 0 bridgehead atoms. The molecule has 1 aliphatic heterocycles. The summed E-state index contributed by atoms with van der Waals surface area (Å²) in [5, 5.41) is 0.757. The number of fused-ring (bicyclic) bond motifs is 1. The van der Waals surface area contributed by atoms with Crippen LogP contribution in [0.25, 0.3) is 28.0 Å². The summed E-state index contributed by atoms with van der Waals surface area (Å²) in [4.78, 5) is 46.8. The number of carbonyl (C=O) groups is 1.